The largest absolute Gasteiger partial charge is 0.304 e. The fraction of sp³-hybridized carbons (Fsp3) is 0.273. The zero-order chi connectivity index (χ0) is 13.1. The minimum Gasteiger partial charge on any atom is -0.304 e. The molecule has 0 unspecified atom stereocenters. The van der Waals surface area contributed by atoms with Crippen LogP contribution in [0.25, 0.3) is 0 Å². The van der Waals surface area contributed by atoms with Gasteiger partial charge >= 0.3 is 0 Å². The molecule has 1 amide bonds. The van der Waals surface area contributed by atoms with Gasteiger partial charge in [-0.15, -0.1) is 5.10 Å². The molecule has 0 saturated carbocycles. The number of aromatic nitrogens is 4. The first-order valence-corrected chi connectivity index (χ1v) is 5.42. The lowest BCUT2D eigenvalue weighted by Gasteiger charge is -2.00. The van der Waals surface area contributed by atoms with Crippen LogP contribution in [0.15, 0.2) is 18.2 Å². The number of amides is 1. The highest BCUT2D eigenvalue weighted by molar-refractivity contribution is 6.00. The van der Waals surface area contributed by atoms with E-state index in [1.54, 1.807) is 0 Å². The van der Waals surface area contributed by atoms with Crippen LogP contribution in [0.1, 0.15) is 36.2 Å². The zero-order valence-corrected chi connectivity index (χ0v) is 9.94. The van der Waals surface area contributed by atoms with Gasteiger partial charge < -0.3 is 5.32 Å². The highest BCUT2D eigenvalue weighted by Gasteiger charge is 2.14. The lowest BCUT2D eigenvalue weighted by molar-refractivity contribution is 0.101. The fourth-order valence-electron chi connectivity index (χ4n) is 1.28. The Labute approximate surface area is 103 Å². The van der Waals surface area contributed by atoms with Crippen LogP contribution in [0.5, 0.6) is 0 Å². The summed E-state index contributed by atoms with van der Waals surface area (Å²) in [5, 5.41) is 8.87. The topological polar surface area (TPSA) is 83.6 Å². The van der Waals surface area contributed by atoms with E-state index in [0.29, 0.717) is 5.82 Å². The van der Waals surface area contributed by atoms with Crippen LogP contribution in [0.2, 0.25) is 0 Å². The quantitative estimate of drug-likeness (QED) is 0.811. The summed E-state index contributed by atoms with van der Waals surface area (Å²) >= 11 is 0. The Morgan fingerprint density at radius 1 is 1.39 bits per heavy atom. The van der Waals surface area contributed by atoms with Crippen molar-refractivity contribution in [1.29, 1.82) is 0 Å². The van der Waals surface area contributed by atoms with Crippen LogP contribution in [-0.4, -0.2) is 26.1 Å². The summed E-state index contributed by atoms with van der Waals surface area (Å²) in [4.78, 5) is 19.3. The van der Waals surface area contributed by atoms with Gasteiger partial charge in [0.15, 0.2) is 0 Å². The van der Waals surface area contributed by atoms with Crippen LogP contribution >= 0.6 is 0 Å². The summed E-state index contributed by atoms with van der Waals surface area (Å²) in [5.74, 6) is -0.304. The molecule has 0 spiro atoms. The average molecular weight is 249 g/mol. The molecule has 2 heterocycles. The molecule has 0 aliphatic heterocycles. The van der Waals surface area contributed by atoms with Gasteiger partial charge in [0.2, 0.25) is 11.8 Å². The van der Waals surface area contributed by atoms with E-state index >= 15 is 0 Å². The molecule has 0 saturated heterocycles. The summed E-state index contributed by atoms with van der Waals surface area (Å²) in [6.45, 7) is 3.85. The Kier molecular flexibility index (Phi) is 3.31. The predicted octanol–water partition coefficient (Wildman–Crippen LogP) is 1.71. The Hall–Kier alpha value is -2.31. The molecule has 0 aliphatic rings. The van der Waals surface area contributed by atoms with E-state index < -0.39 is 11.9 Å². The molecule has 2 rings (SSSR count). The molecule has 0 fully saturated rings. The molecule has 6 nitrogen and oxygen atoms in total. The number of pyridine rings is 1. The fourth-order valence-corrected chi connectivity index (χ4v) is 1.28. The van der Waals surface area contributed by atoms with E-state index in [-0.39, 0.29) is 17.6 Å². The number of hydrogen-bond acceptors (Lipinski definition) is 4. The third kappa shape index (κ3) is 2.68. The van der Waals surface area contributed by atoms with Gasteiger partial charge in [-0.1, -0.05) is 19.9 Å². The zero-order valence-electron chi connectivity index (χ0n) is 9.94. The second-order valence-electron chi connectivity index (χ2n) is 4.00. The number of carbonyl (C=O) groups excluding carboxylic acids is 1. The maximum absolute atomic E-state index is 12.8. The number of H-pyrrole nitrogens is 1. The van der Waals surface area contributed by atoms with Crippen molar-refractivity contribution in [3.05, 3.63) is 35.8 Å². The van der Waals surface area contributed by atoms with Crippen LogP contribution in [0.4, 0.5) is 10.2 Å². The van der Waals surface area contributed by atoms with Gasteiger partial charge in [0.25, 0.3) is 5.91 Å². The number of anilines is 1. The second-order valence-corrected chi connectivity index (χ2v) is 4.00. The van der Waals surface area contributed by atoms with Gasteiger partial charge in [-0.3, -0.25) is 9.89 Å². The Morgan fingerprint density at radius 3 is 2.78 bits per heavy atom. The maximum Gasteiger partial charge on any atom is 0.296 e. The number of nitrogens with zero attached hydrogens (tertiary/aromatic N) is 3. The molecule has 0 radical (unpaired) electrons. The molecule has 0 aromatic carbocycles. The molecule has 7 heteroatoms. The monoisotopic (exact) mass is 249 g/mol. The molecule has 0 atom stereocenters. The van der Waals surface area contributed by atoms with Crippen molar-refractivity contribution in [2.45, 2.75) is 19.8 Å². The first-order chi connectivity index (χ1) is 8.56. The molecule has 2 N–H and O–H groups in total. The van der Waals surface area contributed by atoms with E-state index in [1.807, 2.05) is 13.8 Å². The molecule has 0 bridgehead atoms. The Bertz CT molecular complexity index is 566. The Morgan fingerprint density at radius 2 is 2.17 bits per heavy atom. The van der Waals surface area contributed by atoms with E-state index in [4.69, 9.17) is 0 Å². The van der Waals surface area contributed by atoms with Gasteiger partial charge in [0.1, 0.15) is 11.6 Å². The minimum absolute atomic E-state index is 0.00441. The average Bonchev–Trinajstić information content (AvgIpc) is 2.78. The summed E-state index contributed by atoms with van der Waals surface area (Å²) < 4.78 is 12.8. The number of hydrogen-bond donors (Lipinski definition) is 2. The predicted molar refractivity (Wildman–Crippen MR) is 62.6 cm³/mol. The van der Waals surface area contributed by atoms with E-state index in [0.717, 1.165) is 0 Å². The van der Waals surface area contributed by atoms with Crippen molar-refractivity contribution in [3.8, 4) is 0 Å². The number of halogens is 1. The van der Waals surface area contributed by atoms with Gasteiger partial charge in [-0.25, -0.2) is 9.97 Å². The smallest absolute Gasteiger partial charge is 0.296 e. The van der Waals surface area contributed by atoms with Crippen LogP contribution in [-0.2, 0) is 0 Å². The lowest BCUT2D eigenvalue weighted by Crippen LogP contribution is -2.15. The van der Waals surface area contributed by atoms with Crippen molar-refractivity contribution >= 4 is 11.7 Å². The minimum atomic E-state index is -0.661. The molecule has 94 valence electrons. The standard InChI is InChI=1S/C11H12FN5O/c1-6(2)9-15-10(17-16-9)11(18)14-8-5-3-4-7(12)13-8/h3-6H,1-2H3,(H,13,14,18)(H,15,16,17). The first kappa shape index (κ1) is 12.2. The normalized spacial score (nSPS) is 10.7. The van der Waals surface area contributed by atoms with Crippen LogP contribution in [0.3, 0.4) is 0 Å². The number of nitrogens with one attached hydrogen (secondary N) is 2. The molecular formula is C11H12FN5O. The van der Waals surface area contributed by atoms with Gasteiger partial charge in [-0.2, -0.15) is 4.39 Å². The van der Waals surface area contributed by atoms with Gasteiger partial charge in [-0.05, 0) is 12.1 Å². The van der Waals surface area contributed by atoms with Crippen molar-refractivity contribution in [2.24, 2.45) is 0 Å². The highest BCUT2D eigenvalue weighted by Crippen LogP contribution is 2.09. The number of rotatable bonds is 3. The first-order valence-electron chi connectivity index (χ1n) is 5.42. The maximum atomic E-state index is 12.8. The summed E-state index contributed by atoms with van der Waals surface area (Å²) in [7, 11) is 0. The van der Waals surface area contributed by atoms with Crippen LogP contribution in [0, 0.1) is 5.95 Å². The SMILES string of the molecule is CC(C)c1nc(C(=O)Nc2cccc(F)n2)n[nH]1. The summed E-state index contributed by atoms with van der Waals surface area (Å²) in [6, 6.07) is 4.13. The van der Waals surface area contributed by atoms with Crippen molar-refractivity contribution in [2.75, 3.05) is 5.32 Å². The molecule has 2 aromatic heterocycles. The van der Waals surface area contributed by atoms with Gasteiger partial charge in [0.05, 0.1) is 0 Å². The Balaban J connectivity index is 2.12. The number of aromatic amines is 1. The lowest BCUT2D eigenvalue weighted by atomic mass is 10.2. The molecule has 2 aromatic rings. The summed E-state index contributed by atoms with van der Waals surface area (Å²) in [6.07, 6.45) is 0. The number of carbonyl (C=O) groups is 1. The van der Waals surface area contributed by atoms with E-state index in [2.05, 4.69) is 25.5 Å². The molecule has 0 aliphatic carbocycles. The highest BCUT2D eigenvalue weighted by atomic mass is 19.1. The van der Waals surface area contributed by atoms with E-state index in [1.165, 1.54) is 18.2 Å². The third-order valence-electron chi connectivity index (χ3n) is 2.21. The van der Waals surface area contributed by atoms with Gasteiger partial charge in [0, 0.05) is 5.92 Å². The van der Waals surface area contributed by atoms with Crippen LogP contribution < -0.4 is 5.32 Å². The third-order valence-corrected chi connectivity index (χ3v) is 2.21. The second kappa shape index (κ2) is 4.91. The molecular weight excluding hydrogens is 237 g/mol. The van der Waals surface area contributed by atoms with E-state index in [9.17, 15) is 9.18 Å². The van der Waals surface area contributed by atoms with Crippen molar-refractivity contribution in [3.63, 3.8) is 0 Å². The van der Waals surface area contributed by atoms with Crippen molar-refractivity contribution in [1.82, 2.24) is 20.2 Å². The molecule has 18 heavy (non-hydrogen) atoms. The summed E-state index contributed by atoms with van der Waals surface area (Å²) in [5.41, 5.74) is 0. The van der Waals surface area contributed by atoms with Crippen molar-refractivity contribution < 1.29 is 9.18 Å².